The third-order valence-electron chi connectivity index (χ3n) is 2.27. The van der Waals surface area contributed by atoms with Crippen molar-refractivity contribution in [3.05, 3.63) is 46.7 Å². The van der Waals surface area contributed by atoms with Gasteiger partial charge >= 0.3 is 12.1 Å². The van der Waals surface area contributed by atoms with E-state index in [0.29, 0.717) is 10.7 Å². The molecule has 19 heavy (non-hydrogen) atoms. The molecule has 0 unspecified atom stereocenters. The van der Waals surface area contributed by atoms with Crippen molar-refractivity contribution in [3.63, 3.8) is 0 Å². The molecule has 1 aromatic carbocycles. The minimum Gasteiger partial charge on any atom is -0.477 e. The van der Waals surface area contributed by atoms with E-state index >= 15 is 0 Å². The lowest BCUT2D eigenvalue weighted by atomic mass is 10.3. The Balaban J connectivity index is 2.62. The molecule has 0 spiro atoms. The number of alkyl halides is 3. The Morgan fingerprint density at radius 3 is 2.53 bits per heavy atom. The topological polar surface area (TPSA) is 55.1 Å². The Morgan fingerprint density at radius 2 is 2.00 bits per heavy atom. The Kier molecular flexibility index (Phi) is 3.23. The normalized spacial score (nSPS) is 11.6. The van der Waals surface area contributed by atoms with Crippen molar-refractivity contribution >= 4 is 17.6 Å². The minimum atomic E-state index is -4.71. The number of rotatable bonds is 2. The fourth-order valence-corrected chi connectivity index (χ4v) is 1.66. The van der Waals surface area contributed by atoms with Crippen molar-refractivity contribution in [2.24, 2.45) is 0 Å². The van der Waals surface area contributed by atoms with Crippen LogP contribution >= 0.6 is 11.6 Å². The summed E-state index contributed by atoms with van der Waals surface area (Å²) in [6, 6.07) is 6.20. The summed E-state index contributed by atoms with van der Waals surface area (Å²) in [5, 5.41) is 12.4. The van der Waals surface area contributed by atoms with Gasteiger partial charge in [-0.3, -0.25) is 0 Å². The molecule has 1 heterocycles. The molecule has 0 radical (unpaired) electrons. The van der Waals surface area contributed by atoms with Gasteiger partial charge in [0.2, 0.25) is 0 Å². The van der Waals surface area contributed by atoms with Gasteiger partial charge in [-0.05, 0) is 18.2 Å². The fourth-order valence-electron chi connectivity index (χ4n) is 1.48. The van der Waals surface area contributed by atoms with Crippen LogP contribution in [-0.2, 0) is 6.18 Å². The largest absolute Gasteiger partial charge is 0.477 e. The van der Waals surface area contributed by atoms with E-state index in [1.54, 1.807) is 0 Å². The maximum absolute atomic E-state index is 12.5. The average molecular weight is 291 g/mol. The second kappa shape index (κ2) is 4.58. The lowest BCUT2D eigenvalue weighted by Gasteiger charge is -2.05. The smallest absolute Gasteiger partial charge is 0.435 e. The summed E-state index contributed by atoms with van der Waals surface area (Å²) in [5.41, 5.74) is -1.72. The van der Waals surface area contributed by atoms with Crippen molar-refractivity contribution in [1.82, 2.24) is 9.78 Å². The third-order valence-corrected chi connectivity index (χ3v) is 2.51. The van der Waals surface area contributed by atoms with Crippen LogP contribution in [0, 0.1) is 0 Å². The van der Waals surface area contributed by atoms with Gasteiger partial charge in [0.1, 0.15) is 0 Å². The molecule has 0 aliphatic heterocycles. The first-order chi connectivity index (χ1) is 8.79. The summed E-state index contributed by atoms with van der Waals surface area (Å²) in [6.07, 6.45) is -4.71. The van der Waals surface area contributed by atoms with Crippen LogP contribution in [0.3, 0.4) is 0 Å². The van der Waals surface area contributed by atoms with E-state index in [1.165, 1.54) is 24.3 Å². The van der Waals surface area contributed by atoms with Gasteiger partial charge in [-0.1, -0.05) is 17.7 Å². The summed E-state index contributed by atoms with van der Waals surface area (Å²) in [4.78, 5) is 11.0. The number of nitrogens with zero attached hydrogens (tertiary/aromatic N) is 2. The molecule has 2 rings (SSSR count). The van der Waals surface area contributed by atoms with Gasteiger partial charge in [-0.15, -0.1) is 0 Å². The molecule has 1 aromatic heterocycles. The zero-order valence-corrected chi connectivity index (χ0v) is 9.90. The molecule has 4 nitrogen and oxygen atoms in total. The van der Waals surface area contributed by atoms with Crippen LogP contribution in [0.5, 0.6) is 0 Å². The molecule has 0 saturated heterocycles. The summed E-state index contributed by atoms with van der Waals surface area (Å²) >= 11 is 5.71. The van der Waals surface area contributed by atoms with Crippen molar-refractivity contribution in [2.45, 2.75) is 6.18 Å². The Morgan fingerprint density at radius 1 is 1.32 bits per heavy atom. The van der Waals surface area contributed by atoms with Crippen LogP contribution in [0.4, 0.5) is 13.2 Å². The Labute approximate surface area is 110 Å². The van der Waals surface area contributed by atoms with Gasteiger partial charge < -0.3 is 5.11 Å². The van der Waals surface area contributed by atoms with Gasteiger partial charge in [-0.25, -0.2) is 9.48 Å². The highest BCUT2D eigenvalue weighted by Gasteiger charge is 2.36. The molecule has 8 heteroatoms. The van der Waals surface area contributed by atoms with Crippen molar-refractivity contribution < 1.29 is 23.1 Å². The predicted octanol–water partition coefficient (Wildman–Crippen LogP) is 3.24. The second-order valence-corrected chi connectivity index (χ2v) is 4.05. The maximum atomic E-state index is 12.5. The zero-order chi connectivity index (χ0) is 14.2. The van der Waals surface area contributed by atoms with Crippen LogP contribution in [0.1, 0.15) is 16.2 Å². The van der Waals surface area contributed by atoms with Gasteiger partial charge in [0.25, 0.3) is 0 Å². The summed E-state index contributed by atoms with van der Waals surface area (Å²) in [6.45, 7) is 0. The quantitative estimate of drug-likeness (QED) is 0.924. The van der Waals surface area contributed by atoms with Crippen LogP contribution in [0.25, 0.3) is 5.69 Å². The number of aromatic carboxylic acids is 1. The Bertz CT molecular complexity index is 637. The first kappa shape index (κ1) is 13.4. The van der Waals surface area contributed by atoms with Crippen molar-refractivity contribution in [3.8, 4) is 5.69 Å². The van der Waals surface area contributed by atoms with Crippen molar-refractivity contribution in [2.75, 3.05) is 0 Å². The van der Waals surface area contributed by atoms with Crippen LogP contribution in [0.2, 0.25) is 5.02 Å². The van der Waals surface area contributed by atoms with E-state index in [-0.39, 0.29) is 10.7 Å². The molecule has 0 aliphatic rings. The van der Waals surface area contributed by atoms with Crippen LogP contribution in [-0.4, -0.2) is 20.9 Å². The van der Waals surface area contributed by atoms with E-state index in [1.807, 2.05) is 0 Å². The van der Waals surface area contributed by atoms with Crippen LogP contribution in [0.15, 0.2) is 30.3 Å². The first-order valence-electron chi connectivity index (χ1n) is 4.95. The minimum absolute atomic E-state index is 0.139. The molecule has 0 amide bonds. The number of benzene rings is 1. The van der Waals surface area contributed by atoms with Gasteiger partial charge in [0, 0.05) is 11.1 Å². The summed E-state index contributed by atoms with van der Waals surface area (Å²) in [5.74, 6) is -1.51. The van der Waals surface area contributed by atoms with Crippen LogP contribution < -0.4 is 0 Å². The van der Waals surface area contributed by atoms with Gasteiger partial charge in [-0.2, -0.15) is 18.3 Å². The molecule has 2 aromatic rings. The number of carbonyl (C=O) groups is 1. The monoisotopic (exact) mass is 290 g/mol. The van der Waals surface area contributed by atoms with Gasteiger partial charge in [0.15, 0.2) is 11.4 Å². The molecule has 0 fully saturated rings. The van der Waals surface area contributed by atoms with E-state index in [4.69, 9.17) is 16.7 Å². The maximum Gasteiger partial charge on any atom is 0.435 e. The molecule has 0 atom stereocenters. The van der Waals surface area contributed by atoms with E-state index in [2.05, 4.69) is 5.10 Å². The number of hydrogen-bond acceptors (Lipinski definition) is 2. The molecule has 0 bridgehead atoms. The first-order valence-corrected chi connectivity index (χ1v) is 5.33. The standard InChI is InChI=1S/C11H6ClF3N2O2/c12-6-2-1-3-7(4-6)17-8(10(18)19)5-9(16-17)11(13,14)15/h1-5H,(H,18,19). The van der Waals surface area contributed by atoms with E-state index in [9.17, 15) is 18.0 Å². The highest BCUT2D eigenvalue weighted by molar-refractivity contribution is 6.30. The molecule has 0 aliphatic carbocycles. The molecule has 0 saturated carbocycles. The predicted molar refractivity (Wildman–Crippen MR) is 60.5 cm³/mol. The van der Waals surface area contributed by atoms with E-state index in [0.717, 1.165) is 0 Å². The SMILES string of the molecule is O=C(O)c1cc(C(F)(F)F)nn1-c1cccc(Cl)c1. The fraction of sp³-hybridized carbons (Fsp3) is 0.0909. The number of aromatic nitrogens is 2. The number of carboxylic acid groups (broad SMARTS) is 1. The lowest BCUT2D eigenvalue weighted by molar-refractivity contribution is -0.141. The van der Waals surface area contributed by atoms with E-state index < -0.39 is 23.5 Å². The number of carboxylic acids is 1. The van der Waals surface area contributed by atoms with Gasteiger partial charge in [0.05, 0.1) is 5.69 Å². The molecular weight excluding hydrogens is 285 g/mol. The number of hydrogen-bond donors (Lipinski definition) is 1. The second-order valence-electron chi connectivity index (χ2n) is 3.61. The van der Waals surface area contributed by atoms with Crippen molar-refractivity contribution in [1.29, 1.82) is 0 Å². The average Bonchev–Trinajstić information content (AvgIpc) is 2.73. The zero-order valence-electron chi connectivity index (χ0n) is 9.15. The highest BCUT2D eigenvalue weighted by atomic mass is 35.5. The third kappa shape index (κ3) is 2.70. The summed E-state index contributed by atoms with van der Waals surface area (Å²) in [7, 11) is 0. The molecule has 100 valence electrons. The molecular formula is C11H6ClF3N2O2. The number of halogens is 4. The highest BCUT2D eigenvalue weighted by Crippen LogP contribution is 2.29. The lowest BCUT2D eigenvalue weighted by Crippen LogP contribution is -2.09. The Hall–Kier alpha value is -2.02. The summed E-state index contributed by atoms with van der Waals surface area (Å²) < 4.78 is 38.3. The molecule has 1 N–H and O–H groups in total.